The van der Waals surface area contributed by atoms with Gasteiger partial charge in [-0.05, 0) is 25.0 Å². The number of nitriles is 1. The summed E-state index contributed by atoms with van der Waals surface area (Å²) in [6, 6.07) is 8.78. The molecule has 1 fully saturated rings. The molecule has 2 amide bonds. The topological polar surface area (TPSA) is 84.6 Å². The van der Waals surface area contributed by atoms with Crippen LogP contribution in [0.3, 0.4) is 0 Å². The smallest absolute Gasteiger partial charge is 0.324 e. The van der Waals surface area contributed by atoms with Gasteiger partial charge in [-0.2, -0.15) is 5.26 Å². The summed E-state index contributed by atoms with van der Waals surface area (Å²) in [6.07, 6.45) is 1.73. The van der Waals surface area contributed by atoms with Gasteiger partial charge in [-0.3, -0.25) is 9.69 Å². The standard InChI is InChI=1S/C15H17N3O3/c1-17(13-5-3-2-4-11(13)10-16)15(21)18(12-6-7-12)9-8-14(19)20/h2-5,12H,6-9H2,1H3,(H,19,20). The lowest BCUT2D eigenvalue weighted by Gasteiger charge is -2.28. The number of para-hydroxylation sites is 1. The molecule has 0 radical (unpaired) electrons. The van der Waals surface area contributed by atoms with Gasteiger partial charge < -0.3 is 10.0 Å². The van der Waals surface area contributed by atoms with Gasteiger partial charge in [-0.25, -0.2) is 4.79 Å². The summed E-state index contributed by atoms with van der Waals surface area (Å²) in [5, 5.41) is 17.9. The third-order valence-electron chi connectivity index (χ3n) is 3.47. The lowest BCUT2D eigenvalue weighted by Crippen LogP contribution is -2.43. The zero-order valence-electron chi connectivity index (χ0n) is 11.8. The molecule has 0 unspecified atom stereocenters. The number of rotatable bonds is 5. The van der Waals surface area contributed by atoms with Gasteiger partial charge in [0.15, 0.2) is 0 Å². The molecule has 0 aromatic heterocycles. The zero-order chi connectivity index (χ0) is 15.4. The molecule has 6 nitrogen and oxygen atoms in total. The van der Waals surface area contributed by atoms with E-state index in [1.807, 2.05) is 0 Å². The number of urea groups is 1. The Hall–Kier alpha value is -2.55. The van der Waals surface area contributed by atoms with E-state index in [2.05, 4.69) is 6.07 Å². The number of hydrogen-bond acceptors (Lipinski definition) is 3. The molecule has 1 aromatic carbocycles. The molecule has 21 heavy (non-hydrogen) atoms. The van der Waals surface area contributed by atoms with Crippen LogP contribution in [0.15, 0.2) is 24.3 Å². The molecule has 1 saturated carbocycles. The molecule has 6 heteroatoms. The second-order valence-corrected chi connectivity index (χ2v) is 5.04. The first-order valence-corrected chi connectivity index (χ1v) is 6.80. The third-order valence-corrected chi connectivity index (χ3v) is 3.47. The normalized spacial score (nSPS) is 13.3. The Labute approximate surface area is 123 Å². The largest absolute Gasteiger partial charge is 0.481 e. The van der Waals surface area contributed by atoms with Crippen LogP contribution in [0.1, 0.15) is 24.8 Å². The van der Waals surface area contributed by atoms with Crippen LogP contribution in [0.2, 0.25) is 0 Å². The van der Waals surface area contributed by atoms with E-state index in [0.717, 1.165) is 12.8 Å². The van der Waals surface area contributed by atoms with Crippen molar-refractivity contribution in [3.63, 3.8) is 0 Å². The van der Waals surface area contributed by atoms with Crippen LogP contribution in [0.5, 0.6) is 0 Å². The fourth-order valence-electron chi connectivity index (χ4n) is 2.19. The van der Waals surface area contributed by atoms with Gasteiger partial charge in [0, 0.05) is 19.6 Å². The van der Waals surface area contributed by atoms with Crippen LogP contribution >= 0.6 is 0 Å². The molecule has 0 bridgehead atoms. The molecule has 1 aliphatic rings. The van der Waals surface area contributed by atoms with E-state index in [1.165, 1.54) is 4.90 Å². The number of hydrogen-bond donors (Lipinski definition) is 1. The molecule has 1 N–H and O–H groups in total. The lowest BCUT2D eigenvalue weighted by molar-refractivity contribution is -0.137. The molecular formula is C15H17N3O3. The second-order valence-electron chi connectivity index (χ2n) is 5.04. The maximum atomic E-state index is 12.6. The third kappa shape index (κ3) is 3.51. The van der Waals surface area contributed by atoms with Crippen molar-refractivity contribution in [2.24, 2.45) is 0 Å². The first-order valence-electron chi connectivity index (χ1n) is 6.80. The van der Waals surface area contributed by atoms with Crippen LogP contribution in [-0.2, 0) is 4.79 Å². The van der Waals surface area contributed by atoms with E-state index in [4.69, 9.17) is 10.4 Å². The van der Waals surface area contributed by atoms with Crippen LogP contribution in [-0.4, -0.2) is 41.6 Å². The average molecular weight is 287 g/mol. The first kappa shape index (κ1) is 14.9. The molecule has 110 valence electrons. The molecule has 0 heterocycles. The number of benzene rings is 1. The highest BCUT2D eigenvalue weighted by atomic mass is 16.4. The van der Waals surface area contributed by atoms with Gasteiger partial charge in [0.25, 0.3) is 0 Å². The van der Waals surface area contributed by atoms with Gasteiger partial charge in [0.05, 0.1) is 17.7 Å². The quantitative estimate of drug-likeness (QED) is 0.898. The SMILES string of the molecule is CN(C(=O)N(CCC(=O)O)C1CC1)c1ccccc1C#N. The van der Waals surface area contributed by atoms with Crippen molar-refractivity contribution >= 4 is 17.7 Å². The molecule has 0 aliphatic heterocycles. The molecular weight excluding hydrogens is 270 g/mol. The number of amides is 2. The molecule has 1 aliphatic carbocycles. The van der Waals surface area contributed by atoms with Crippen molar-refractivity contribution in [1.82, 2.24) is 4.90 Å². The van der Waals surface area contributed by atoms with E-state index in [9.17, 15) is 9.59 Å². The highest BCUT2D eigenvalue weighted by Crippen LogP contribution is 2.29. The molecule has 1 aromatic rings. The van der Waals surface area contributed by atoms with Gasteiger partial charge in [-0.15, -0.1) is 0 Å². The van der Waals surface area contributed by atoms with Crippen LogP contribution in [0, 0.1) is 11.3 Å². The average Bonchev–Trinajstić information content (AvgIpc) is 3.31. The summed E-state index contributed by atoms with van der Waals surface area (Å²) < 4.78 is 0. The maximum Gasteiger partial charge on any atom is 0.324 e. The van der Waals surface area contributed by atoms with E-state index in [-0.39, 0.29) is 25.0 Å². The van der Waals surface area contributed by atoms with E-state index < -0.39 is 5.97 Å². The minimum Gasteiger partial charge on any atom is -0.481 e. The Bertz CT molecular complexity index is 590. The highest BCUT2D eigenvalue weighted by molar-refractivity contribution is 5.93. The zero-order valence-corrected chi connectivity index (χ0v) is 11.8. The predicted molar refractivity (Wildman–Crippen MR) is 76.9 cm³/mol. The second kappa shape index (κ2) is 6.27. The van der Waals surface area contributed by atoms with E-state index >= 15 is 0 Å². The van der Waals surface area contributed by atoms with Crippen molar-refractivity contribution in [2.45, 2.75) is 25.3 Å². The Morgan fingerprint density at radius 3 is 2.62 bits per heavy atom. The van der Waals surface area contributed by atoms with Crippen molar-refractivity contribution in [3.05, 3.63) is 29.8 Å². The Kier molecular flexibility index (Phi) is 4.43. The predicted octanol–water partition coefficient (Wildman–Crippen LogP) is 2.05. The highest BCUT2D eigenvalue weighted by Gasteiger charge is 2.34. The van der Waals surface area contributed by atoms with Crippen LogP contribution < -0.4 is 4.90 Å². The van der Waals surface area contributed by atoms with Crippen molar-refractivity contribution in [2.75, 3.05) is 18.5 Å². The number of carboxylic acid groups (broad SMARTS) is 1. The van der Waals surface area contributed by atoms with Crippen LogP contribution in [0.25, 0.3) is 0 Å². The van der Waals surface area contributed by atoms with Gasteiger partial charge in [-0.1, -0.05) is 12.1 Å². The number of carbonyl (C=O) groups excluding carboxylic acids is 1. The van der Waals surface area contributed by atoms with Gasteiger partial charge in [0.1, 0.15) is 6.07 Å². The summed E-state index contributed by atoms with van der Waals surface area (Å²) in [5.74, 6) is -0.923. The van der Waals surface area contributed by atoms with Gasteiger partial charge >= 0.3 is 12.0 Å². The number of nitrogens with zero attached hydrogens (tertiary/aromatic N) is 3. The van der Waals surface area contributed by atoms with Crippen molar-refractivity contribution in [1.29, 1.82) is 5.26 Å². The number of aliphatic carboxylic acids is 1. The molecule has 0 atom stereocenters. The molecule has 0 spiro atoms. The fourth-order valence-corrected chi connectivity index (χ4v) is 2.19. The number of anilines is 1. The summed E-state index contributed by atoms with van der Waals surface area (Å²) in [4.78, 5) is 26.3. The summed E-state index contributed by atoms with van der Waals surface area (Å²) in [6.45, 7) is 0.192. The number of carboxylic acids is 1. The maximum absolute atomic E-state index is 12.6. The minimum atomic E-state index is -0.923. The lowest BCUT2D eigenvalue weighted by atomic mass is 10.2. The first-order chi connectivity index (χ1) is 10.0. The minimum absolute atomic E-state index is 0.0734. The Balaban J connectivity index is 2.16. The van der Waals surface area contributed by atoms with Gasteiger partial charge in [0.2, 0.25) is 0 Å². The summed E-state index contributed by atoms with van der Waals surface area (Å²) >= 11 is 0. The number of carbonyl (C=O) groups is 2. The Morgan fingerprint density at radius 1 is 1.38 bits per heavy atom. The monoisotopic (exact) mass is 287 g/mol. The molecule has 2 rings (SSSR count). The van der Waals surface area contributed by atoms with Crippen molar-refractivity contribution < 1.29 is 14.7 Å². The fraction of sp³-hybridized carbons (Fsp3) is 0.400. The van der Waals surface area contributed by atoms with E-state index in [0.29, 0.717) is 11.3 Å². The summed E-state index contributed by atoms with van der Waals surface area (Å²) in [7, 11) is 1.61. The van der Waals surface area contributed by atoms with Crippen molar-refractivity contribution in [3.8, 4) is 6.07 Å². The van der Waals surface area contributed by atoms with Crippen LogP contribution in [0.4, 0.5) is 10.5 Å². The van der Waals surface area contributed by atoms with E-state index in [1.54, 1.807) is 36.2 Å². The summed E-state index contributed by atoms with van der Waals surface area (Å²) in [5.41, 5.74) is 0.952. The molecule has 0 saturated heterocycles. The Morgan fingerprint density at radius 2 is 2.05 bits per heavy atom.